The Morgan fingerprint density at radius 2 is 0.982 bits per heavy atom. The summed E-state index contributed by atoms with van der Waals surface area (Å²) < 4.78 is 17.2. The third-order valence-electron chi connectivity index (χ3n) is 9.16. The summed E-state index contributed by atoms with van der Waals surface area (Å²) in [6, 6.07) is -0.631. The van der Waals surface area contributed by atoms with Gasteiger partial charge in [0, 0.05) is 19.3 Å². The molecule has 0 aliphatic carbocycles. The molecule has 0 fully saturated rings. The van der Waals surface area contributed by atoms with Crippen LogP contribution in [0.25, 0.3) is 0 Å². The molecule has 322 valence electrons. The highest BCUT2D eigenvalue weighted by atomic mass is 16.6. The van der Waals surface area contributed by atoms with E-state index in [1.54, 1.807) is 0 Å². The number of allylic oxidation sites excluding steroid dienone is 16. The van der Waals surface area contributed by atoms with E-state index < -0.39 is 18.1 Å². The lowest BCUT2D eigenvalue weighted by Gasteiger charge is -2.31. The van der Waals surface area contributed by atoms with E-state index in [1.807, 2.05) is 69.8 Å². The summed E-state index contributed by atoms with van der Waals surface area (Å²) >= 11 is 0. The number of ether oxygens (including phenoxy) is 3. The zero-order valence-corrected chi connectivity index (χ0v) is 36.5. The summed E-state index contributed by atoms with van der Waals surface area (Å²) in [6.45, 7) is 4.48. The monoisotopic (exact) mass is 795 g/mol. The van der Waals surface area contributed by atoms with Crippen LogP contribution in [0, 0.1) is 0 Å². The van der Waals surface area contributed by atoms with Gasteiger partial charge in [-0.05, 0) is 57.8 Å². The van der Waals surface area contributed by atoms with Crippen LogP contribution in [0.4, 0.5) is 0 Å². The summed E-state index contributed by atoms with van der Waals surface area (Å²) in [4.78, 5) is 37.0. The number of hydrogen-bond acceptors (Lipinski definition) is 6. The number of aliphatic carboxylic acids is 1. The molecule has 0 aliphatic heterocycles. The van der Waals surface area contributed by atoms with E-state index in [4.69, 9.17) is 14.2 Å². The summed E-state index contributed by atoms with van der Waals surface area (Å²) in [5.41, 5.74) is 0. The van der Waals surface area contributed by atoms with Gasteiger partial charge in [0.25, 0.3) is 0 Å². The predicted octanol–water partition coefficient (Wildman–Crippen LogP) is 11.9. The zero-order chi connectivity index (χ0) is 42.1. The van der Waals surface area contributed by atoms with Crippen molar-refractivity contribution < 1.29 is 38.2 Å². The Labute approximate surface area is 347 Å². The van der Waals surface area contributed by atoms with E-state index in [0.717, 1.165) is 77.0 Å². The van der Waals surface area contributed by atoms with E-state index >= 15 is 0 Å². The number of quaternary nitrogens is 1. The average Bonchev–Trinajstić information content (AvgIpc) is 3.17. The van der Waals surface area contributed by atoms with Gasteiger partial charge in [0.05, 0.1) is 34.4 Å². The molecule has 0 rings (SSSR count). The maximum Gasteiger partial charge on any atom is 0.362 e. The minimum absolute atomic E-state index is 0.0319. The SMILES string of the molecule is CC/C=C/C=C/C=C/C=C/C=C/CCCCCC(=O)OCC(COCCC(C(=O)O)[N+](C)(C)C)OC(=O)CCCCCCC/C=C/C=C/C=C/CCCCCCC. The van der Waals surface area contributed by atoms with Crippen LogP contribution in [0.15, 0.2) is 97.2 Å². The summed E-state index contributed by atoms with van der Waals surface area (Å²) in [7, 11) is 5.49. The Kier molecular flexibility index (Phi) is 36.5. The molecule has 2 atom stereocenters. The maximum atomic E-state index is 12.7. The number of unbranched alkanes of at least 4 members (excludes halogenated alkanes) is 13. The molecule has 8 nitrogen and oxygen atoms in total. The third-order valence-corrected chi connectivity index (χ3v) is 9.16. The van der Waals surface area contributed by atoms with Gasteiger partial charge in [-0.1, -0.05) is 162 Å². The van der Waals surface area contributed by atoms with Crippen LogP contribution in [0.1, 0.15) is 142 Å². The molecule has 0 saturated heterocycles. The van der Waals surface area contributed by atoms with Gasteiger partial charge < -0.3 is 23.8 Å². The van der Waals surface area contributed by atoms with Crippen molar-refractivity contribution in [3.8, 4) is 0 Å². The number of carboxylic acids is 1. The first-order chi connectivity index (χ1) is 27.6. The standard InChI is InChI=1S/C49H79NO7/c1-6-8-10-12-14-16-18-20-22-23-24-26-28-30-32-34-36-38-40-48(52)57-45(43-55-42-41-46(49(53)54)50(3,4)5)44-56-47(51)39-37-35-33-31-29-27-25-21-19-17-15-13-11-9-7-2/h9,11,13,15,17-27,29,45-46H,6-8,10,12,14,16,28,30-44H2,1-5H3/p+1/b11-9+,15-13+,19-17+,20-18+,23-22+,25-21+,26-24+,29-27+. The second kappa shape index (κ2) is 39.1. The van der Waals surface area contributed by atoms with Gasteiger partial charge in [-0.15, -0.1) is 0 Å². The Balaban J connectivity index is 4.50. The van der Waals surface area contributed by atoms with E-state index in [0.29, 0.717) is 19.3 Å². The van der Waals surface area contributed by atoms with Crippen molar-refractivity contribution in [3.63, 3.8) is 0 Å². The number of rotatable bonds is 37. The molecular formula is C49H80NO7+. The number of nitrogens with zero attached hydrogens (tertiary/aromatic N) is 1. The number of likely N-dealkylation sites (N-methyl/N-ethyl adjacent to an activating group) is 1. The van der Waals surface area contributed by atoms with E-state index in [2.05, 4.69) is 62.5 Å². The molecule has 0 bridgehead atoms. The zero-order valence-electron chi connectivity index (χ0n) is 36.5. The van der Waals surface area contributed by atoms with E-state index in [-0.39, 0.29) is 36.2 Å². The molecule has 0 saturated carbocycles. The number of carboxylic acid groups (broad SMARTS) is 1. The normalized spacial score (nSPS) is 13.9. The lowest BCUT2D eigenvalue weighted by molar-refractivity contribution is -0.887. The quantitative estimate of drug-likeness (QED) is 0.0289. The summed E-state index contributed by atoms with van der Waals surface area (Å²) in [5, 5.41) is 9.62. The number of carbonyl (C=O) groups excluding carboxylic acids is 2. The minimum atomic E-state index is -0.890. The second-order valence-corrected chi connectivity index (χ2v) is 15.4. The van der Waals surface area contributed by atoms with Crippen molar-refractivity contribution in [2.24, 2.45) is 0 Å². The second-order valence-electron chi connectivity index (χ2n) is 15.4. The number of esters is 2. The first kappa shape index (κ1) is 53.2. The van der Waals surface area contributed by atoms with Crippen LogP contribution >= 0.6 is 0 Å². The Hall–Kier alpha value is -3.75. The molecule has 0 aromatic carbocycles. The molecule has 1 N–H and O–H groups in total. The van der Waals surface area contributed by atoms with Gasteiger partial charge >= 0.3 is 17.9 Å². The topological polar surface area (TPSA) is 99.1 Å². The van der Waals surface area contributed by atoms with Crippen molar-refractivity contribution in [1.29, 1.82) is 0 Å². The first-order valence-electron chi connectivity index (χ1n) is 21.9. The van der Waals surface area contributed by atoms with E-state index in [9.17, 15) is 19.5 Å². The maximum absolute atomic E-state index is 12.7. The predicted molar refractivity (Wildman–Crippen MR) is 238 cm³/mol. The van der Waals surface area contributed by atoms with Crippen LogP contribution in [-0.2, 0) is 28.6 Å². The minimum Gasteiger partial charge on any atom is -0.477 e. The fourth-order valence-electron chi connectivity index (χ4n) is 5.76. The molecular weight excluding hydrogens is 715 g/mol. The van der Waals surface area contributed by atoms with Gasteiger partial charge in [-0.3, -0.25) is 9.59 Å². The van der Waals surface area contributed by atoms with Gasteiger partial charge in [-0.25, -0.2) is 4.79 Å². The number of carbonyl (C=O) groups is 3. The van der Waals surface area contributed by atoms with Crippen molar-refractivity contribution in [2.75, 3.05) is 41.0 Å². The fraction of sp³-hybridized carbons (Fsp3) is 0.612. The Morgan fingerprint density at radius 1 is 0.544 bits per heavy atom. The largest absolute Gasteiger partial charge is 0.477 e. The van der Waals surface area contributed by atoms with Crippen LogP contribution in [0.2, 0.25) is 0 Å². The first-order valence-corrected chi connectivity index (χ1v) is 21.9. The van der Waals surface area contributed by atoms with E-state index in [1.165, 1.54) is 32.1 Å². The molecule has 0 aliphatic rings. The molecule has 8 heteroatoms. The molecule has 0 aromatic heterocycles. The van der Waals surface area contributed by atoms with Crippen molar-refractivity contribution in [3.05, 3.63) is 97.2 Å². The highest BCUT2D eigenvalue weighted by molar-refractivity contribution is 5.72. The summed E-state index contributed by atoms with van der Waals surface area (Å²) in [6.07, 6.45) is 51.6. The molecule has 0 heterocycles. The van der Waals surface area contributed by atoms with Crippen LogP contribution in [0.5, 0.6) is 0 Å². The van der Waals surface area contributed by atoms with Crippen molar-refractivity contribution in [2.45, 2.75) is 154 Å². The van der Waals surface area contributed by atoms with Gasteiger partial charge in [-0.2, -0.15) is 0 Å². The van der Waals surface area contributed by atoms with Gasteiger partial charge in [0.2, 0.25) is 0 Å². The molecule has 0 spiro atoms. The fourth-order valence-corrected chi connectivity index (χ4v) is 5.76. The van der Waals surface area contributed by atoms with Crippen molar-refractivity contribution >= 4 is 17.9 Å². The molecule has 57 heavy (non-hydrogen) atoms. The molecule has 0 aromatic rings. The average molecular weight is 795 g/mol. The lowest BCUT2D eigenvalue weighted by Crippen LogP contribution is -2.50. The molecule has 0 radical (unpaired) electrons. The highest BCUT2D eigenvalue weighted by Gasteiger charge is 2.31. The highest BCUT2D eigenvalue weighted by Crippen LogP contribution is 2.12. The van der Waals surface area contributed by atoms with Crippen LogP contribution in [-0.4, -0.2) is 80.6 Å². The Morgan fingerprint density at radius 3 is 1.47 bits per heavy atom. The Bertz CT molecular complexity index is 1250. The summed E-state index contributed by atoms with van der Waals surface area (Å²) in [5.74, 6) is -1.56. The van der Waals surface area contributed by atoms with Crippen LogP contribution in [0.3, 0.4) is 0 Å². The molecule has 2 unspecified atom stereocenters. The number of hydrogen-bond donors (Lipinski definition) is 1. The van der Waals surface area contributed by atoms with Crippen molar-refractivity contribution in [1.82, 2.24) is 0 Å². The lowest BCUT2D eigenvalue weighted by atomic mass is 10.1. The van der Waals surface area contributed by atoms with Crippen LogP contribution < -0.4 is 0 Å². The van der Waals surface area contributed by atoms with Gasteiger partial charge in [0.1, 0.15) is 6.61 Å². The third kappa shape index (κ3) is 37.6. The smallest absolute Gasteiger partial charge is 0.362 e. The molecule has 0 amide bonds. The van der Waals surface area contributed by atoms with Gasteiger partial charge in [0.15, 0.2) is 12.1 Å².